The second kappa shape index (κ2) is 7.99. The standard InChI is InChI=1S/C21H18Br2Cl2N4O6/c1-26-18(33)28-4-3-10-12(29(28)19(26)34)7-20(24)16(31)27(8-22)17(32)21(20,25)14(10)11-5-9(23)6-13(35-2)15(11)30/h3,5-6,12,14,30H,4,7-8H2,1-2H3/t12-,14-,20-,21+/m1/s1. The van der Waals surface area contributed by atoms with Crippen molar-refractivity contribution < 1.29 is 19.4 Å². The summed E-state index contributed by atoms with van der Waals surface area (Å²) in [6, 6.07) is 2.22. The molecule has 14 heteroatoms. The lowest BCUT2D eigenvalue weighted by Crippen LogP contribution is -2.59. The number of rotatable bonds is 3. The van der Waals surface area contributed by atoms with Crippen molar-refractivity contribution in [2.75, 3.05) is 12.6 Å². The third kappa shape index (κ3) is 2.93. The van der Waals surface area contributed by atoms with Crippen LogP contribution in [0.15, 0.2) is 37.8 Å². The molecular weight excluding hydrogens is 635 g/mol. The Morgan fingerprint density at radius 1 is 1.17 bits per heavy atom. The fraction of sp³-hybridized carbons (Fsp3) is 0.429. The smallest absolute Gasteiger partial charge is 0.347 e. The molecule has 1 saturated carbocycles. The number of aromatic nitrogens is 3. The van der Waals surface area contributed by atoms with Crippen LogP contribution in [0.4, 0.5) is 0 Å². The van der Waals surface area contributed by atoms with E-state index in [1.165, 1.54) is 29.6 Å². The third-order valence-corrected chi connectivity index (χ3v) is 9.45. The third-order valence-electron chi connectivity index (χ3n) is 7.07. The highest BCUT2D eigenvalue weighted by molar-refractivity contribution is 9.10. The van der Waals surface area contributed by atoms with Gasteiger partial charge in [-0.25, -0.2) is 23.5 Å². The van der Waals surface area contributed by atoms with E-state index in [1.54, 1.807) is 12.1 Å². The molecule has 3 heterocycles. The van der Waals surface area contributed by atoms with E-state index in [0.717, 1.165) is 9.47 Å². The molecule has 1 aromatic carbocycles. The number of phenols is 1. The highest BCUT2D eigenvalue weighted by atomic mass is 79.9. The van der Waals surface area contributed by atoms with E-state index >= 15 is 0 Å². The molecule has 2 aliphatic heterocycles. The highest BCUT2D eigenvalue weighted by Gasteiger charge is 2.75. The summed E-state index contributed by atoms with van der Waals surface area (Å²) in [6.45, 7) is 0.0235. The van der Waals surface area contributed by atoms with Crippen LogP contribution in [0.1, 0.15) is 23.9 Å². The van der Waals surface area contributed by atoms with Crippen molar-refractivity contribution in [3.63, 3.8) is 0 Å². The fourth-order valence-electron chi connectivity index (χ4n) is 5.44. The first-order valence-corrected chi connectivity index (χ1v) is 13.1. The number of ether oxygens (including phenoxy) is 1. The zero-order valence-corrected chi connectivity index (χ0v) is 23.0. The first-order valence-electron chi connectivity index (χ1n) is 10.4. The zero-order chi connectivity index (χ0) is 25.6. The van der Waals surface area contributed by atoms with Crippen LogP contribution in [-0.4, -0.2) is 58.1 Å². The number of imide groups is 1. The molecule has 2 amide bonds. The molecule has 1 saturated heterocycles. The molecule has 0 radical (unpaired) electrons. The maximum Gasteiger partial charge on any atom is 0.347 e. The Morgan fingerprint density at radius 2 is 1.86 bits per heavy atom. The van der Waals surface area contributed by atoms with Gasteiger partial charge in [0.05, 0.1) is 25.2 Å². The van der Waals surface area contributed by atoms with Gasteiger partial charge in [-0.15, -0.1) is 23.2 Å². The van der Waals surface area contributed by atoms with Gasteiger partial charge in [0.2, 0.25) is 0 Å². The number of phenolic OH excluding ortho intramolecular Hbond substituents is 1. The molecular formula is C21H18Br2Cl2N4O6. The van der Waals surface area contributed by atoms with Gasteiger partial charge in [0, 0.05) is 29.4 Å². The van der Waals surface area contributed by atoms with E-state index in [2.05, 4.69) is 31.9 Å². The number of carbonyl (C=O) groups excluding carboxylic acids is 2. The van der Waals surface area contributed by atoms with E-state index in [-0.39, 0.29) is 35.5 Å². The number of hydrogen-bond acceptors (Lipinski definition) is 6. The summed E-state index contributed by atoms with van der Waals surface area (Å²) in [5.41, 5.74) is -0.608. The topological polar surface area (TPSA) is 116 Å². The van der Waals surface area contributed by atoms with Crippen LogP contribution in [0.2, 0.25) is 0 Å². The Bertz CT molecular complexity index is 1460. The Balaban J connectivity index is 1.86. The number of alkyl halides is 3. The number of methoxy groups -OCH3 is 1. The van der Waals surface area contributed by atoms with Crippen LogP contribution in [0.3, 0.4) is 0 Å². The average molecular weight is 653 g/mol. The summed E-state index contributed by atoms with van der Waals surface area (Å²) in [6.07, 6.45) is 1.47. The lowest BCUT2D eigenvalue weighted by atomic mass is 9.64. The van der Waals surface area contributed by atoms with Gasteiger partial charge in [-0.3, -0.25) is 14.5 Å². The summed E-state index contributed by atoms with van der Waals surface area (Å²) in [5, 5.41) is 11.1. The van der Waals surface area contributed by atoms with Crippen molar-refractivity contribution in [2.45, 2.75) is 34.7 Å². The Hall–Kier alpha value is -2.02. The minimum absolute atomic E-state index is 0.0235. The zero-order valence-electron chi connectivity index (χ0n) is 18.3. The molecule has 3 aliphatic rings. The fourth-order valence-corrected chi connectivity index (χ4v) is 7.29. The van der Waals surface area contributed by atoms with Gasteiger partial charge in [-0.05, 0) is 17.7 Å². The van der Waals surface area contributed by atoms with Crippen molar-refractivity contribution in [1.82, 2.24) is 18.8 Å². The molecule has 0 spiro atoms. The van der Waals surface area contributed by atoms with Gasteiger partial charge >= 0.3 is 11.4 Å². The molecule has 1 N–H and O–H groups in total. The molecule has 4 atom stereocenters. The molecule has 10 nitrogen and oxygen atoms in total. The van der Waals surface area contributed by atoms with Crippen LogP contribution in [0.5, 0.6) is 11.5 Å². The molecule has 2 aromatic rings. The number of benzene rings is 1. The number of aromatic hydroxyl groups is 1. The van der Waals surface area contributed by atoms with Crippen molar-refractivity contribution in [2.24, 2.45) is 7.05 Å². The molecule has 0 unspecified atom stereocenters. The summed E-state index contributed by atoms with van der Waals surface area (Å²) in [4.78, 5) is 49.7. The van der Waals surface area contributed by atoms with Gasteiger partial charge < -0.3 is 9.84 Å². The number of halogens is 4. The predicted molar refractivity (Wildman–Crippen MR) is 134 cm³/mol. The monoisotopic (exact) mass is 650 g/mol. The van der Waals surface area contributed by atoms with Gasteiger partial charge in [0.1, 0.15) is 0 Å². The van der Waals surface area contributed by atoms with Crippen LogP contribution in [0, 0.1) is 0 Å². The first-order chi connectivity index (χ1) is 16.4. The normalized spacial score (nSPS) is 29.5. The second-order valence-electron chi connectivity index (χ2n) is 8.62. The number of hydrogen-bond donors (Lipinski definition) is 1. The van der Waals surface area contributed by atoms with Crippen LogP contribution >= 0.6 is 55.1 Å². The van der Waals surface area contributed by atoms with E-state index in [1.807, 2.05) is 0 Å². The maximum atomic E-state index is 13.7. The van der Waals surface area contributed by atoms with E-state index in [4.69, 9.17) is 27.9 Å². The molecule has 1 aliphatic carbocycles. The molecule has 1 aromatic heterocycles. The van der Waals surface area contributed by atoms with Crippen molar-refractivity contribution in [1.29, 1.82) is 0 Å². The number of nitrogens with zero attached hydrogens (tertiary/aromatic N) is 4. The van der Waals surface area contributed by atoms with Gasteiger partial charge in [-0.2, -0.15) is 0 Å². The maximum absolute atomic E-state index is 13.7. The van der Waals surface area contributed by atoms with Crippen LogP contribution < -0.4 is 16.1 Å². The summed E-state index contributed by atoms with van der Waals surface area (Å²) >= 11 is 20.7. The van der Waals surface area contributed by atoms with E-state index < -0.39 is 44.9 Å². The van der Waals surface area contributed by atoms with Gasteiger partial charge in [-0.1, -0.05) is 37.9 Å². The lowest BCUT2D eigenvalue weighted by molar-refractivity contribution is -0.138. The number of likely N-dealkylation sites (tertiary alicyclic amines) is 1. The Kier molecular flexibility index (Phi) is 5.63. The summed E-state index contributed by atoms with van der Waals surface area (Å²) in [7, 11) is 2.73. The number of allylic oxidation sites excluding steroid dienone is 2. The van der Waals surface area contributed by atoms with Crippen molar-refractivity contribution in [3.8, 4) is 11.5 Å². The summed E-state index contributed by atoms with van der Waals surface area (Å²) in [5.74, 6) is -2.78. The molecule has 186 valence electrons. The van der Waals surface area contributed by atoms with E-state index in [0.29, 0.717) is 10.0 Å². The molecule has 0 bridgehead atoms. The second-order valence-corrected chi connectivity index (χ2v) is 11.3. The first kappa shape index (κ1) is 24.7. The minimum Gasteiger partial charge on any atom is -0.504 e. The Labute approximate surface area is 224 Å². The molecule has 2 fully saturated rings. The number of amides is 2. The quantitative estimate of drug-likeness (QED) is 0.235. The average Bonchev–Trinajstić information content (AvgIpc) is 3.13. The van der Waals surface area contributed by atoms with Crippen molar-refractivity contribution >= 4 is 66.9 Å². The molecule has 35 heavy (non-hydrogen) atoms. The Morgan fingerprint density at radius 3 is 2.49 bits per heavy atom. The molecule has 5 rings (SSSR count). The SMILES string of the molecule is COc1cc(Br)cc([C@H]2C3=CCn4c(=O)n(C)c(=O)n4[C@@H]3C[C@@]3(Cl)C(=O)N(CBr)C(=O)[C@@]23Cl)c1O. The highest BCUT2D eigenvalue weighted by Crippen LogP contribution is 2.64. The largest absolute Gasteiger partial charge is 0.504 e. The number of fused-ring (bicyclic) bond motifs is 4. The van der Waals surface area contributed by atoms with Gasteiger partial charge in [0.25, 0.3) is 11.8 Å². The predicted octanol–water partition coefficient (Wildman–Crippen LogP) is 2.17. The summed E-state index contributed by atoms with van der Waals surface area (Å²) < 4.78 is 9.27. The van der Waals surface area contributed by atoms with Gasteiger partial charge in [0.15, 0.2) is 21.2 Å². The van der Waals surface area contributed by atoms with E-state index in [9.17, 15) is 24.3 Å². The van der Waals surface area contributed by atoms with Crippen LogP contribution in [0.25, 0.3) is 0 Å². The minimum atomic E-state index is -2.04. The lowest BCUT2D eigenvalue weighted by Gasteiger charge is -2.49. The van der Waals surface area contributed by atoms with Crippen molar-refractivity contribution in [3.05, 3.63) is 54.8 Å². The van der Waals surface area contributed by atoms with Crippen LogP contribution in [-0.2, 0) is 23.2 Å². The number of carbonyl (C=O) groups is 2.